The number of likely N-dealkylation sites (N-methyl/N-ethyl adjacent to an activating group) is 1. The van der Waals surface area contributed by atoms with Crippen molar-refractivity contribution in [1.82, 2.24) is 4.90 Å². The SMILES string of the molecule is CCCCCCCCCCCCCCCCCCC(C)(C(N)=O)N(C)C. The number of primary amides is 1. The molecule has 1 amide bonds. The lowest BCUT2D eigenvalue weighted by molar-refractivity contribution is -0.128. The van der Waals surface area contributed by atoms with E-state index in [1.54, 1.807) is 0 Å². The summed E-state index contributed by atoms with van der Waals surface area (Å²) in [6.07, 6.45) is 22.8. The van der Waals surface area contributed by atoms with E-state index in [2.05, 4.69) is 6.92 Å². The Labute approximate surface area is 164 Å². The predicted octanol–water partition coefficient (Wildman–Crippen LogP) is 6.44. The highest BCUT2D eigenvalue weighted by Crippen LogP contribution is 2.21. The average Bonchev–Trinajstić information content (AvgIpc) is 2.60. The van der Waals surface area contributed by atoms with Gasteiger partial charge in [-0.05, 0) is 27.4 Å². The zero-order valence-corrected chi connectivity index (χ0v) is 18.5. The molecule has 0 spiro atoms. The Morgan fingerprint density at radius 3 is 1.27 bits per heavy atom. The van der Waals surface area contributed by atoms with Crippen LogP contribution in [0.3, 0.4) is 0 Å². The van der Waals surface area contributed by atoms with Gasteiger partial charge in [0.15, 0.2) is 0 Å². The molecule has 26 heavy (non-hydrogen) atoms. The fourth-order valence-electron chi connectivity index (χ4n) is 3.58. The quantitative estimate of drug-likeness (QED) is 0.266. The Hall–Kier alpha value is -0.570. The van der Waals surface area contributed by atoms with E-state index in [-0.39, 0.29) is 5.91 Å². The lowest BCUT2D eigenvalue weighted by Gasteiger charge is -2.33. The van der Waals surface area contributed by atoms with Gasteiger partial charge in [0.25, 0.3) is 0 Å². The van der Waals surface area contributed by atoms with Gasteiger partial charge < -0.3 is 5.73 Å². The summed E-state index contributed by atoms with van der Waals surface area (Å²) in [5, 5.41) is 0. The van der Waals surface area contributed by atoms with Gasteiger partial charge >= 0.3 is 0 Å². The molecule has 0 aromatic rings. The monoisotopic (exact) mass is 368 g/mol. The number of unbranched alkanes of at least 4 members (excludes halogenated alkanes) is 15. The van der Waals surface area contributed by atoms with Crippen molar-refractivity contribution in [3.05, 3.63) is 0 Å². The average molecular weight is 369 g/mol. The van der Waals surface area contributed by atoms with Gasteiger partial charge in [-0.15, -0.1) is 0 Å². The van der Waals surface area contributed by atoms with E-state index in [0.29, 0.717) is 0 Å². The van der Waals surface area contributed by atoms with Crippen LogP contribution in [0.25, 0.3) is 0 Å². The molecule has 1 unspecified atom stereocenters. The largest absolute Gasteiger partial charge is 0.368 e. The molecule has 0 saturated heterocycles. The third-order valence-corrected chi connectivity index (χ3v) is 6.04. The Morgan fingerprint density at radius 2 is 1.00 bits per heavy atom. The van der Waals surface area contributed by atoms with Crippen molar-refractivity contribution >= 4 is 5.91 Å². The lowest BCUT2D eigenvalue weighted by atomic mass is 9.92. The molecule has 0 aromatic heterocycles. The molecule has 2 N–H and O–H groups in total. The number of rotatable bonds is 19. The number of carbonyl (C=O) groups excluding carboxylic acids is 1. The van der Waals surface area contributed by atoms with Crippen LogP contribution in [0.2, 0.25) is 0 Å². The number of carbonyl (C=O) groups is 1. The first-order valence-corrected chi connectivity index (χ1v) is 11.4. The first kappa shape index (κ1) is 25.4. The number of nitrogens with zero attached hydrogens (tertiary/aromatic N) is 1. The van der Waals surface area contributed by atoms with E-state index in [4.69, 9.17) is 5.73 Å². The van der Waals surface area contributed by atoms with E-state index >= 15 is 0 Å². The summed E-state index contributed by atoms with van der Waals surface area (Å²) in [5.41, 5.74) is 5.07. The van der Waals surface area contributed by atoms with E-state index in [1.807, 2.05) is 25.9 Å². The summed E-state index contributed by atoms with van der Waals surface area (Å²) in [4.78, 5) is 13.6. The molecule has 0 bridgehead atoms. The molecule has 3 heteroatoms. The van der Waals surface area contributed by atoms with Crippen LogP contribution in [-0.4, -0.2) is 30.4 Å². The summed E-state index contributed by atoms with van der Waals surface area (Å²) < 4.78 is 0. The van der Waals surface area contributed by atoms with Crippen LogP contribution in [0.5, 0.6) is 0 Å². The maximum Gasteiger partial charge on any atom is 0.237 e. The summed E-state index contributed by atoms with van der Waals surface area (Å²) in [7, 11) is 3.88. The van der Waals surface area contributed by atoms with Crippen molar-refractivity contribution < 1.29 is 4.79 Å². The van der Waals surface area contributed by atoms with Gasteiger partial charge in [-0.2, -0.15) is 0 Å². The molecule has 0 radical (unpaired) electrons. The van der Waals surface area contributed by atoms with Crippen LogP contribution in [0.1, 0.15) is 123 Å². The smallest absolute Gasteiger partial charge is 0.237 e. The molecule has 1 atom stereocenters. The highest BCUT2D eigenvalue weighted by atomic mass is 16.1. The molecule has 0 saturated carbocycles. The van der Waals surface area contributed by atoms with E-state index < -0.39 is 5.54 Å². The third kappa shape index (κ3) is 12.7. The van der Waals surface area contributed by atoms with Crippen LogP contribution in [0.4, 0.5) is 0 Å². The second kappa shape index (κ2) is 16.6. The van der Waals surface area contributed by atoms with Gasteiger partial charge in [0.1, 0.15) is 0 Å². The molecule has 0 fully saturated rings. The molecule has 0 rings (SSSR count). The van der Waals surface area contributed by atoms with Gasteiger partial charge in [-0.25, -0.2) is 0 Å². The minimum atomic E-state index is -0.490. The van der Waals surface area contributed by atoms with Gasteiger partial charge in [0.05, 0.1) is 5.54 Å². The minimum absolute atomic E-state index is 0.205. The van der Waals surface area contributed by atoms with Crippen LogP contribution < -0.4 is 5.73 Å². The fraction of sp³-hybridized carbons (Fsp3) is 0.957. The number of hydrogen-bond acceptors (Lipinski definition) is 2. The van der Waals surface area contributed by atoms with Crippen molar-refractivity contribution in [1.29, 1.82) is 0 Å². The van der Waals surface area contributed by atoms with Gasteiger partial charge in [-0.3, -0.25) is 9.69 Å². The van der Waals surface area contributed by atoms with Gasteiger partial charge in [-0.1, -0.05) is 110 Å². The maximum atomic E-state index is 11.6. The van der Waals surface area contributed by atoms with Crippen LogP contribution in [-0.2, 0) is 4.79 Å². The van der Waals surface area contributed by atoms with E-state index in [0.717, 1.165) is 12.8 Å². The number of amides is 1. The zero-order chi connectivity index (χ0) is 19.7. The topological polar surface area (TPSA) is 46.3 Å². The van der Waals surface area contributed by atoms with Gasteiger partial charge in [0, 0.05) is 0 Å². The molecule has 0 aliphatic rings. The van der Waals surface area contributed by atoms with Crippen LogP contribution in [0, 0.1) is 0 Å². The maximum absolute atomic E-state index is 11.6. The van der Waals surface area contributed by atoms with Crippen molar-refractivity contribution in [2.75, 3.05) is 14.1 Å². The molecule has 0 aliphatic carbocycles. The standard InChI is InChI=1S/C23H48N2O/c1-5-6-7-8-9-10-11-12-13-14-15-16-17-18-19-20-21-23(2,22(24)26)25(3)4/h5-21H2,1-4H3,(H2,24,26). The summed E-state index contributed by atoms with van der Waals surface area (Å²) in [6.45, 7) is 4.24. The van der Waals surface area contributed by atoms with E-state index in [9.17, 15) is 4.79 Å². The molecular formula is C23H48N2O. The normalized spacial score (nSPS) is 13.9. The highest BCUT2D eigenvalue weighted by Gasteiger charge is 2.32. The van der Waals surface area contributed by atoms with E-state index in [1.165, 1.54) is 96.3 Å². The minimum Gasteiger partial charge on any atom is -0.368 e. The molecule has 0 aromatic carbocycles. The first-order valence-electron chi connectivity index (χ1n) is 11.4. The molecule has 3 nitrogen and oxygen atoms in total. The number of hydrogen-bond donors (Lipinski definition) is 1. The summed E-state index contributed by atoms with van der Waals surface area (Å²) in [5.74, 6) is -0.205. The molecule has 156 valence electrons. The van der Waals surface area contributed by atoms with Crippen LogP contribution >= 0.6 is 0 Å². The second-order valence-electron chi connectivity index (χ2n) is 8.59. The third-order valence-electron chi connectivity index (χ3n) is 6.04. The first-order chi connectivity index (χ1) is 12.4. The Kier molecular flexibility index (Phi) is 16.2. The fourth-order valence-corrected chi connectivity index (χ4v) is 3.58. The Balaban J connectivity index is 3.33. The second-order valence-corrected chi connectivity index (χ2v) is 8.59. The van der Waals surface area contributed by atoms with Gasteiger partial charge in [0.2, 0.25) is 5.91 Å². The number of nitrogens with two attached hydrogens (primary N) is 1. The lowest BCUT2D eigenvalue weighted by Crippen LogP contribution is -2.52. The molecule has 0 heterocycles. The Morgan fingerprint density at radius 1 is 0.692 bits per heavy atom. The van der Waals surface area contributed by atoms with Crippen molar-refractivity contribution in [3.8, 4) is 0 Å². The summed E-state index contributed by atoms with van der Waals surface area (Å²) in [6, 6.07) is 0. The van der Waals surface area contributed by atoms with Crippen molar-refractivity contribution in [3.63, 3.8) is 0 Å². The summed E-state index contributed by atoms with van der Waals surface area (Å²) >= 11 is 0. The predicted molar refractivity (Wildman–Crippen MR) is 115 cm³/mol. The molecule has 0 aliphatic heterocycles. The Bertz CT molecular complexity index is 330. The molecular weight excluding hydrogens is 320 g/mol. The van der Waals surface area contributed by atoms with Crippen molar-refractivity contribution in [2.45, 2.75) is 129 Å². The van der Waals surface area contributed by atoms with Crippen LogP contribution in [0.15, 0.2) is 0 Å². The highest BCUT2D eigenvalue weighted by molar-refractivity contribution is 5.84. The zero-order valence-electron chi connectivity index (χ0n) is 18.5. The van der Waals surface area contributed by atoms with Crippen molar-refractivity contribution in [2.24, 2.45) is 5.73 Å².